The van der Waals surface area contributed by atoms with Gasteiger partial charge in [-0.05, 0) is 128 Å². The first kappa shape index (κ1) is 78.8. The molecule has 0 aromatic heterocycles. The van der Waals surface area contributed by atoms with E-state index in [1.54, 1.807) is 0 Å². The molecule has 0 aromatic carbocycles. The average Bonchev–Trinajstić information content (AvgIpc) is 3.49. The minimum atomic E-state index is -0.801. The molecule has 0 aliphatic carbocycles. The Kier molecular flexibility index (Phi) is 66.7. The average molecular weight is 1150 g/mol. The molecule has 0 bridgehead atoms. The van der Waals surface area contributed by atoms with Crippen molar-refractivity contribution in [2.45, 2.75) is 335 Å². The standard InChI is InChI=1S/C77H130O6/c1-4-7-10-13-16-19-22-25-27-29-31-32-33-34-35-36-37-38-39-40-41-42-43-44-46-47-49-52-55-58-61-64-67-70-76(79)82-73-74(72-81-75(78)69-66-63-60-57-54-51-24-21-18-15-12-9-6-3)83-77(80)71-68-65-62-59-56-53-50-48-45-30-28-26-23-20-17-14-11-8-5-2/h8-9,11-12,17-18,20-22,25-26,28-29,31,33-34,45,48,51,54,74H,4-7,10,13-16,19,23-24,27,30,32,35-44,46-47,49-50,52-53,55-73H2,1-3H3/b11-8-,12-9-,20-17-,21-18-,25-22-,28-26-,31-29-,34-33-,48-45-,54-51-. The van der Waals surface area contributed by atoms with Crippen molar-refractivity contribution in [3.63, 3.8) is 0 Å². The Hall–Kier alpha value is -4.19. The van der Waals surface area contributed by atoms with Crippen molar-refractivity contribution in [3.8, 4) is 0 Å². The first-order valence-electron chi connectivity index (χ1n) is 35.0. The van der Waals surface area contributed by atoms with Gasteiger partial charge in [0.15, 0.2) is 6.10 Å². The maximum Gasteiger partial charge on any atom is 0.306 e. The van der Waals surface area contributed by atoms with Crippen molar-refractivity contribution in [1.29, 1.82) is 0 Å². The molecule has 0 heterocycles. The molecule has 0 fully saturated rings. The van der Waals surface area contributed by atoms with Gasteiger partial charge in [0, 0.05) is 19.3 Å². The van der Waals surface area contributed by atoms with Gasteiger partial charge in [0.05, 0.1) is 0 Å². The van der Waals surface area contributed by atoms with E-state index >= 15 is 0 Å². The predicted octanol–water partition coefficient (Wildman–Crippen LogP) is 24.3. The van der Waals surface area contributed by atoms with Crippen LogP contribution in [-0.2, 0) is 28.6 Å². The molecule has 0 aromatic rings. The van der Waals surface area contributed by atoms with Crippen molar-refractivity contribution in [1.82, 2.24) is 0 Å². The zero-order valence-corrected chi connectivity index (χ0v) is 54.4. The number of allylic oxidation sites excluding steroid dienone is 20. The first-order chi connectivity index (χ1) is 41.0. The van der Waals surface area contributed by atoms with Gasteiger partial charge in [-0.25, -0.2) is 0 Å². The highest BCUT2D eigenvalue weighted by Gasteiger charge is 2.19. The Morgan fingerprint density at radius 3 is 0.747 bits per heavy atom. The fourth-order valence-electron chi connectivity index (χ4n) is 9.75. The summed E-state index contributed by atoms with van der Waals surface area (Å²) in [6.45, 7) is 6.39. The van der Waals surface area contributed by atoms with Crippen LogP contribution in [0.1, 0.15) is 329 Å². The van der Waals surface area contributed by atoms with E-state index in [9.17, 15) is 14.4 Å². The molecule has 1 atom stereocenters. The van der Waals surface area contributed by atoms with E-state index in [0.717, 1.165) is 135 Å². The van der Waals surface area contributed by atoms with Crippen LogP contribution in [-0.4, -0.2) is 37.2 Å². The van der Waals surface area contributed by atoms with Crippen molar-refractivity contribution in [3.05, 3.63) is 122 Å². The molecular weight excluding hydrogens is 1020 g/mol. The maximum atomic E-state index is 12.9. The second-order valence-corrected chi connectivity index (χ2v) is 23.0. The molecule has 0 rings (SSSR count). The third-order valence-electron chi connectivity index (χ3n) is 14.9. The molecule has 6 nitrogen and oxygen atoms in total. The van der Waals surface area contributed by atoms with Crippen molar-refractivity contribution in [2.75, 3.05) is 13.2 Å². The van der Waals surface area contributed by atoms with Gasteiger partial charge in [-0.3, -0.25) is 14.4 Å². The van der Waals surface area contributed by atoms with E-state index < -0.39 is 6.10 Å². The molecule has 0 aliphatic rings. The molecule has 0 N–H and O–H groups in total. The Bertz CT molecular complexity index is 1700. The summed E-state index contributed by atoms with van der Waals surface area (Å²) < 4.78 is 16.9. The van der Waals surface area contributed by atoms with Crippen LogP contribution in [0.15, 0.2) is 122 Å². The molecule has 474 valence electrons. The van der Waals surface area contributed by atoms with Crippen LogP contribution in [0.3, 0.4) is 0 Å². The lowest BCUT2D eigenvalue weighted by molar-refractivity contribution is -0.167. The van der Waals surface area contributed by atoms with Crippen LogP contribution in [0.25, 0.3) is 0 Å². The van der Waals surface area contributed by atoms with E-state index in [1.165, 1.54) is 154 Å². The van der Waals surface area contributed by atoms with Gasteiger partial charge in [0.1, 0.15) is 13.2 Å². The summed E-state index contributed by atoms with van der Waals surface area (Å²) in [7, 11) is 0. The minimum Gasteiger partial charge on any atom is -0.462 e. The van der Waals surface area contributed by atoms with Crippen LogP contribution < -0.4 is 0 Å². The van der Waals surface area contributed by atoms with Crippen LogP contribution in [0, 0.1) is 0 Å². The Morgan fingerprint density at radius 1 is 0.253 bits per heavy atom. The zero-order chi connectivity index (χ0) is 59.9. The molecule has 6 heteroatoms. The lowest BCUT2D eigenvalue weighted by Gasteiger charge is -2.18. The smallest absolute Gasteiger partial charge is 0.306 e. The number of esters is 3. The lowest BCUT2D eigenvalue weighted by atomic mass is 10.0. The highest BCUT2D eigenvalue weighted by atomic mass is 16.6. The number of unbranched alkanes of at least 4 members (excludes halogenated alkanes) is 32. The minimum absolute atomic E-state index is 0.0936. The second kappa shape index (κ2) is 70.3. The van der Waals surface area contributed by atoms with Crippen LogP contribution in [0.2, 0.25) is 0 Å². The van der Waals surface area contributed by atoms with Crippen molar-refractivity contribution < 1.29 is 28.6 Å². The highest BCUT2D eigenvalue weighted by Crippen LogP contribution is 2.17. The van der Waals surface area contributed by atoms with Gasteiger partial charge in [-0.15, -0.1) is 0 Å². The third kappa shape index (κ3) is 68.5. The van der Waals surface area contributed by atoms with Gasteiger partial charge >= 0.3 is 17.9 Å². The molecule has 0 spiro atoms. The van der Waals surface area contributed by atoms with Crippen molar-refractivity contribution >= 4 is 17.9 Å². The van der Waals surface area contributed by atoms with Gasteiger partial charge in [-0.1, -0.05) is 303 Å². The largest absolute Gasteiger partial charge is 0.462 e. The summed E-state index contributed by atoms with van der Waals surface area (Å²) in [5.74, 6) is -0.930. The van der Waals surface area contributed by atoms with Crippen LogP contribution >= 0.6 is 0 Å². The summed E-state index contributed by atoms with van der Waals surface area (Å²) in [6, 6.07) is 0. The Labute approximate surface area is 513 Å². The van der Waals surface area contributed by atoms with Gasteiger partial charge in [-0.2, -0.15) is 0 Å². The predicted molar refractivity (Wildman–Crippen MR) is 362 cm³/mol. The molecule has 0 aliphatic heterocycles. The summed E-state index contributed by atoms with van der Waals surface area (Å²) in [5, 5.41) is 0. The van der Waals surface area contributed by atoms with E-state index in [4.69, 9.17) is 14.2 Å². The summed E-state index contributed by atoms with van der Waals surface area (Å²) in [5.41, 5.74) is 0. The third-order valence-corrected chi connectivity index (χ3v) is 14.9. The Balaban J connectivity index is 4.22. The molecule has 0 saturated heterocycles. The van der Waals surface area contributed by atoms with Crippen molar-refractivity contribution in [2.24, 2.45) is 0 Å². The van der Waals surface area contributed by atoms with Gasteiger partial charge in [0.2, 0.25) is 0 Å². The van der Waals surface area contributed by atoms with E-state index in [-0.39, 0.29) is 31.1 Å². The number of hydrogen-bond acceptors (Lipinski definition) is 6. The zero-order valence-electron chi connectivity index (χ0n) is 54.4. The molecule has 0 amide bonds. The summed E-state index contributed by atoms with van der Waals surface area (Å²) in [6.07, 6.45) is 98.1. The fourth-order valence-corrected chi connectivity index (χ4v) is 9.75. The lowest BCUT2D eigenvalue weighted by Crippen LogP contribution is -2.30. The maximum absolute atomic E-state index is 12.9. The highest BCUT2D eigenvalue weighted by molar-refractivity contribution is 5.71. The number of carbonyl (C=O) groups is 3. The second-order valence-electron chi connectivity index (χ2n) is 23.0. The van der Waals surface area contributed by atoms with Gasteiger partial charge in [0.25, 0.3) is 0 Å². The fraction of sp³-hybridized carbons (Fsp3) is 0.701. The molecular formula is C77H130O6. The van der Waals surface area contributed by atoms with E-state index in [1.807, 2.05) is 0 Å². The first-order valence-corrected chi connectivity index (χ1v) is 35.0. The summed E-state index contributed by atoms with van der Waals surface area (Å²) in [4.78, 5) is 38.4. The SMILES string of the molecule is CC/C=C\C/C=C\C/C=C\C/C=C\CCCCCCCCC(=O)OC(COC(=O)CCCCC/C=C\C/C=C\C/C=C\CC)COC(=O)CCCCCCCCCCCCCCCCCCCC/C=C\C/C=C\C/C=C\CCCCCCC. The summed E-state index contributed by atoms with van der Waals surface area (Å²) >= 11 is 0. The number of ether oxygens (including phenoxy) is 3. The molecule has 1 unspecified atom stereocenters. The Morgan fingerprint density at radius 2 is 0.470 bits per heavy atom. The van der Waals surface area contributed by atoms with E-state index in [0.29, 0.717) is 19.3 Å². The molecule has 83 heavy (non-hydrogen) atoms. The van der Waals surface area contributed by atoms with E-state index in [2.05, 4.69) is 142 Å². The number of hydrogen-bond donors (Lipinski definition) is 0. The number of rotatable bonds is 63. The monoisotopic (exact) mass is 1150 g/mol. The molecule has 0 saturated carbocycles. The topological polar surface area (TPSA) is 78.9 Å². The molecule has 0 radical (unpaired) electrons. The van der Waals surface area contributed by atoms with Crippen LogP contribution in [0.5, 0.6) is 0 Å². The normalized spacial score (nSPS) is 12.9. The quantitative estimate of drug-likeness (QED) is 0.0261. The van der Waals surface area contributed by atoms with Crippen LogP contribution in [0.4, 0.5) is 0 Å². The number of carbonyl (C=O) groups excluding carboxylic acids is 3. The van der Waals surface area contributed by atoms with Gasteiger partial charge < -0.3 is 14.2 Å².